The summed E-state index contributed by atoms with van der Waals surface area (Å²) in [6.07, 6.45) is -2.68. The molecule has 0 spiro atoms. The molecule has 0 amide bonds. The van der Waals surface area contributed by atoms with Crippen molar-refractivity contribution >= 4 is 32.8 Å². The normalized spacial score (nSPS) is 12.1. The molecule has 0 aliphatic rings. The van der Waals surface area contributed by atoms with Gasteiger partial charge in [-0.05, 0) is 30.0 Å². The first-order chi connectivity index (χ1) is 14.6. The van der Waals surface area contributed by atoms with Gasteiger partial charge in [-0.15, -0.1) is 11.3 Å². The van der Waals surface area contributed by atoms with E-state index in [-0.39, 0.29) is 30.0 Å². The van der Waals surface area contributed by atoms with Crippen molar-refractivity contribution in [3.05, 3.63) is 59.1 Å². The lowest BCUT2D eigenvalue weighted by Gasteiger charge is -2.25. The van der Waals surface area contributed by atoms with Crippen LogP contribution in [0.3, 0.4) is 0 Å². The van der Waals surface area contributed by atoms with Crippen LogP contribution >= 0.6 is 11.3 Å². The molecule has 1 aromatic carbocycles. The zero-order valence-electron chi connectivity index (χ0n) is 16.5. The minimum Gasteiger partial charge on any atom is -0.294 e. The molecule has 166 valence electrons. The number of halogens is 3. The van der Waals surface area contributed by atoms with Crippen LogP contribution in [0.25, 0.3) is 10.6 Å². The van der Waals surface area contributed by atoms with Gasteiger partial charge in [0, 0.05) is 17.5 Å². The molecule has 0 saturated heterocycles. The Morgan fingerprint density at radius 2 is 2.00 bits per heavy atom. The van der Waals surface area contributed by atoms with Gasteiger partial charge >= 0.3 is 6.18 Å². The largest absolute Gasteiger partial charge is 0.404 e. The third-order valence-electron chi connectivity index (χ3n) is 4.41. The molecule has 6 nitrogen and oxygen atoms in total. The Morgan fingerprint density at radius 3 is 2.65 bits per heavy atom. The third kappa shape index (κ3) is 5.73. The van der Waals surface area contributed by atoms with Gasteiger partial charge in [0.15, 0.2) is 11.5 Å². The van der Waals surface area contributed by atoms with Crippen LogP contribution in [0, 0.1) is 0 Å². The van der Waals surface area contributed by atoms with E-state index < -0.39 is 22.0 Å². The highest BCUT2D eigenvalue weighted by molar-refractivity contribution is 7.92. The number of carbonyl (C=O) groups is 1. The summed E-state index contributed by atoms with van der Waals surface area (Å²) in [7, 11) is -4.79. The number of thiophene rings is 1. The van der Waals surface area contributed by atoms with Gasteiger partial charge in [-0.1, -0.05) is 25.1 Å². The lowest BCUT2D eigenvalue weighted by atomic mass is 10.1. The van der Waals surface area contributed by atoms with Crippen LogP contribution in [0.1, 0.15) is 35.7 Å². The summed E-state index contributed by atoms with van der Waals surface area (Å²) in [5, 5.41) is 8.53. The third-order valence-corrected chi connectivity index (χ3v) is 7.01. The van der Waals surface area contributed by atoms with E-state index in [4.69, 9.17) is 0 Å². The van der Waals surface area contributed by atoms with Gasteiger partial charge in [0.25, 0.3) is 0 Å². The Hall–Kier alpha value is -2.66. The molecule has 0 fully saturated rings. The molecule has 0 unspecified atom stereocenters. The van der Waals surface area contributed by atoms with Gasteiger partial charge in [0.2, 0.25) is 10.0 Å². The molecular weight excluding hydrogens is 451 g/mol. The summed E-state index contributed by atoms with van der Waals surface area (Å²) < 4.78 is 65.3. The van der Waals surface area contributed by atoms with Crippen molar-refractivity contribution in [2.45, 2.75) is 32.5 Å². The van der Waals surface area contributed by atoms with Crippen LogP contribution in [0.5, 0.6) is 0 Å². The van der Waals surface area contributed by atoms with Crippen molar-refractivity contribution in [2.75, 3.05) is 10.1 Å². The highest BCUT2D eigenvalue weighted by Crippen LogP contribution is 2.31. The number of aromatic amines is 1. The molecule has 3 rings (SSSR count). The quantitative estimate of drug-likeness (QED) is 0.444. The highest BCUT2D eigenvalue weighted by atomic mass is 32.2. The number of benzene rings is 1. The first-order valence-electron chi connectivity index (χ1n) is 9.37. The average molecular weight is 472 g/mol. The van der Waals surface area contributed by atoms with Crippen molar-refractivity contribution < 1.29 is 26.4 Å². The van der Waals surface area contributed by atoms with Crippen LogP contribution < -0.4 is 4.31 Å². The van der Waals surface area contributed by atoms with Crippen LogP contribution in [0.2, 0.25) is 0 Å². The fourth-order valence-corrected chi connectivity index (χ4v) is 5.16. The lowest BCUT2D eigenvalue weighted by molar-refractivity contribution is -0.106. The molecule has 0 atom stereocenters. The van der Waals surface area contributed by atoms with Crippen molar-refractivity contribution in [1.82, 2.24) is 10.2 Å². The molecule has 2 heterocycles. The number of anilines is 1. The van der Waals surface area contributed by atoms with Gasteiger partial charge in [-0.2, -0.15) is 18.3 Å². The van der Waals surface area contributed by atoms with Crippen LogP contribution in [-0.4, -0.2) is 36.3 Å². The molecule has 31 heavy (non-hydrogen) atoms. The zero-order valence-corrected chi connectivity index (χ0v) is 18.1. The lowest BCUT2D eigenvalue weighted by Crippen LogP contribution is -2.37. The van der Waals surface area contributed by atoms with Crippen molar-refractivity contribution in [2.24, 2.45) is 0 Å². The summed E-state index contributed by atoms with van der Waals surface area (Å²) in [6.45, 7) is 1.46. The van der Waals surface area contributed by atoms with Gasteiger partial charge in [0.1, 0.15) is 0 Å². The Kier molecular flexibility index (Phi) is 6.85. The Bertz CT molecular complexity index is 1140. The monoisotopic (exact) mass is 471 g/mol. The zero-order chi connectivity index (χ0) is 22.6. The maximum atomic E-state index is 13.0. The number of Topliss-reactive ketones (excluding diaryl/α,β-unsaturated/α-hetero) is 1. The summed E-state index contributed by atoms with van der Waals surface area (Å²) in [5.74, 6) is -2.22. The number of ketones is 1. The maximum absolute atomic E-state index is 13.0. The average Bonchev–Trinajstić information content (AvgIpc) is 3.35. The van der Waals surface area contributed by atoms with Gasteiger partial charge in [-0.3, -0.25) is 14.2 Å². The number of rotatable bonds is 9. The first-order valence-corrected chi connectivity index (χ1v) is 11.9. The molecule has 1 N–H and O–H groups in total. The molecular formula is C20H20F3N3O3S2. The molecule has 2 aromatic heterocycles. The minimum atomic E-state index is -4.92. The topological polar surface area (TPSA) is 83.1 Å². The number of hydrogen-bond acceptors (Lipinski definition) is 5. The molecule has 0 aliphatic heterocycles. The summed E-state index contributed by atoms with van der Waals surface area (Å²) in [6, 6.07) is 9.26. The standard InChI is InChI=1S/C20H20F3N3O3S2/c1-2-5-17(27)14-6-3-7-16(10-14)26(31(28,29)13-20(21,22)23)12-15-11-24-25-19(15)18-8-4-9-30-18/h3-4,6-11H,2,5,12-13H2,1H3,(H,24,25). The van der Waals surface area contributed by atoms with E-state index in [9.17, 15) is 26.4 Å². The van der Waals surface area contributed by atoms with Crippen LogP contribution in [0.15, 0.2) is 48.0 Å². The highest BCUT2D eigenvalue weighted by Gasteiger charge is 2.39. The van der Waals surface area contributed by atoms with Gasteiger partial charge in [0.05, 0.1) is 29.0 Å². The van der Waals surface area contributed by atoms with E-state index in [0.717, 1.165) is 4.88 Å². The fourth-order valence-electron chi connectivity index (χ4n) is 3.06. The predicted octanol–water partition coefficient (Wildman–Crippen LogP) is 5.02. The predicted molar refractivity (Wildman–Crippen MR) is 114 cm³/mol. The summed E-state index contributed by atoms with van der Waals surface area (Å²) in [5.41, 5.74) is 1.18. The number of alkyl halides is 3. The number of nitrogens with one attached hydrogen (secondary N) is 1. The second kappa shape index (κ2) is 9.23. The number of sulfonamides is 1. The van der Waals surface area contributed by atoms with Crippen molar-refractivity contribution in [3.63, 3.8) is 0 Å². The number of H-pyrrole nitrogens is 1. The number of nitrogens with zero attached hydrogens (tertiary/aromatic N) is 2. The first kappa shape index (κ1) is 23.0. The van der Waals surface area contributed by atoms with E-state index in [0.29, 0.717) is 22.0 Å². The number of carbonyl (C=O) groups excluding carboxylic acids is 1. The SMILES string of the molecule is CCCC(=O)c1cccc(N(Cc2cn[nH]c2-c2cccs2)S(=O)(=O)CC(F)(F)F)c1. The van der Waals surface area contributed by atoms with Crippen molar-refractivity contribution in [3.8, 4) is 10.6 Å². The number of aromatic nitrogens is 2. The smallest absolute Gasteiger partial charge is 0.294 e. The Balaban J connectivity index is 2.04. The maximum Gasteiger partial charge on any atom is 0.404 e. The molecule has 0 saturated carbocycles. The summed E-state index contributed by atoms with van der Waals surface area (Å²) in [4.78, 5) is 13.0. The number of hydrogen-bond donors (Lipinski definition) is 1. The molecule has 3 aromatic rings. The fraction of sp³-hybridized carbons (Fsp3) is 0.300. The van der Waals surface area contributed by atoms with E-state index in [1.165, 1.54) is 41.8 Å². The second-order valence-corrected chi connectivity index (χ2v) is 9.69. The Labute approximate surface area is 181 Å². The summed E-state index contributed by atoms with van der Waals surface area (Å²) >= 11 is 1.38. The van der Waals surface area contributed by atoms with Gasteiger partial charge < -0.3 is 0 Å². The van der Waals surface area contributed by atoms with Crippen molar-refractivity contribution in [1.29, 1.82) is 0 Å². The molecule has 0 aliphatic carbocycles. The van der Waals surface area contributed by atoms with E-state index in [2.05, 4.69) is 10.2 Å². The van der Waals surface area contributed by atoms with E-state index in [1.807, 2.05) is 12.3 Å². The van der Waals surface area contributed by atoms with E-state index >= 15 is 0 Å². The molecule has 11 heteroatoms. The van der Waals surface area contributed by atoms with Crippen LogP contribution in [0.4, 0.5) is 18.9 Å². The van der Waals surface area contributed by atoms with Crippen LogP contribution in [-0.2, 0) is 16.6 Å². The molecule has 0 bridgehead atoms. The second-order valence-electron chi connectivity index (χ2n) is 6.85. The van der Waals surface area contributed by atoms with Gasteiger partial charge in [-0.25, -0.2) is 8.42 Å². The Morgan fingerprint density at radius 1 is 1.23 bits per heavy atom. The molecule has 0 radical (unpaired) electrons. The minimum absolute atomic E-state index is 0.00969. The van der Waals surface area contributed by atoms with E-state index in [1.54, 1.807) is 12.1 Å².